The first kappa shape index (κ1) is 18.4. The molecule has 1 aliphatic carbocycles. The van der Waals surface area contributed by atoms with Crippen molar-refractivity contribution in [3.63, 3.8) is 0 Å². The Balaban J connectivity index is 1.67. The second-order valence-corrected chi connectivity index (χ2v) is 7.75. The summed E-state index contributed by atoms with van der Waals surface area (Å²) < 4.78 is 0. The molecule has 140 valence electrons. The fourth-order valence-electron chi connectivity index (χ4n) is 3.99. The molecule has 3 rings (SSSR count). The van der Waals surface area contributed by atoms with E-state index in [0.29, 0.717) is 17.4 Å². The van der Waals surface area contributed by atoms with Crippen molar-refractivity contribution in [3.8, 4) is 0 Å². The first-order valence-corrected chi connectivity index (χ1v) is 9.32. The van der Waals surface area contributed by atoms with Crippen LogP contribution in [0.4, 0.5) is 4.79 Å². The molecule has 4 atom stereocenters. The summed E-state index contributed by atoms with van der Waals surface area (Å²) >= 11 is 0. The van der Waals surface area contributed by atoms with E-state index in [1.807, 2.05) is 18.2 Å². The number of nitrogens with one attached hydrogen (secondary N) is 2. The Kier molecular flexibility index (Phi) is 5.03. The molecule has 6 nitrogen and oxygen atoms in total. The van der Waals surface area contributed by atoms with E-state index in [9.17, 15) is 14.4 Å². The zero-order valence-corrected chi connectivity index (χ0v) is 15.6. The number of carbonyl (C=O) groups excluding carboxylic acids is 3. The maximum Gasteiger partial charge on any atom is 0.325 e. The van der Waals surface area contributed by atoms with Crippen molar-refractivity contribution < 1.29 is 14.4 Å². The number of rotatable bonds is 4. The van der Waals surface area contributed by atoms with Crippen LogP contribution in [0.5, 0.6) is 0 Å². The molecule has 1 aliphatic heterocycles. The van der Waals surface area contributed by atoms with Crippen LogP contribution in [-0.2, 0) is 15.1 Å². The van der Waals surface area contributed by atoms with Crippen LogP contribution in [0.2, 0.25) is 0 Å². The Labute approximate surface area is 154 Å². The highest BCUT2D eigenvalue weighted by atomic mass is 16.2. The zero-order valence-electron chi connectivity index (χ0n) is 15.6. The van der Waals surface area contributed by atoms with E-state index in [1.54, 1.807) is 19.1 Å². The van der Waals surface area contributed by atoms with Gasteiger partial charge in [0.2, 0.25) is 5.91 Å². The number of urea groups is 1. The summed E-state index contributed by atoms with van der Waals surface area (Å²) in [5, 5.41) is 5.75. The second kappa shape index (κ2) is 7.09. The summed E-state index contributed by atoms with van der Waals surface area (Å²) in [5.41, 5.74) is -0.429. The van der Waals surface area contributed by atoms with Crippen LogP contribution in [0.1, 0.15) is 45.6 Å². The van der Waals surface area contributed by atoms with E-state index < -0.39 is 17.5 Å². The molecule has 0 spiro atoms. The minimum absolute atomic E-state index is 0.104. The number of hydrogen-bond acceptors (Lipinski definition) is 3. The van der Waals surface area contributed by atoms with Crippen LogP contribution in [0, 0.1) is 11.8 Å². The van der Waals surface area contributed by atoms with Crippen molar-refractivity contribution in [1.29, 1.82) is 0 Å². The molecule has 0 radical (unpaired) electrons. The Morgan fingerprint density at radius 2 is 1.92 bits per heavy atom. The maximum atomic E-state index is 12.8. The normalized spacial score (nSPS) is 31.7. The van der Waals surface area contributed by atoms with Crippen LogP contribution < -0.4 is 10.6 Å². The maximum absolute atomic E-state index is 12.8. The number of amides is 4. The Morgan fingerprint density at radius 3 is 2.62 bits per heavy atom. The van der Waals surface area contributed by atoms with Gasteiger partial charge < -0.3 is 10.6 Å². The van der Waals surface area contributed by atoms with Gasteiger partial charge in [-0.25, -0.2) is 4.79 Å². The van der Waals surface area contributed by atoms with Gasteiger partial charge in [-0.15, -0.1) is 0 Å². The molecule has 2 N–H and O–H groups in total. The third kappa shape index (κ3) is 3.32. The Bertz CT molecular complexity index is 706. The van der Waals surface area contributed by atoms with Crippen molar-refractivity contribution in [2.45, 2.75) is 51.6 Å². The van der Waals surface area contributed by atoms with E-state index in [2.05, 4.69) is 24.5 Å². The average molecular weight is 357 g/mol. The summed E-state index contributed by atoms with van der Waals surface area (Å²) in [5.74, 6) is 0.281. The van der Waals surface area contributed by atoms with E-state index in [-0.39, 0.29) is 18.5 Å². The predicted molar refractivity (Wildman–Crippen MR) is 98.1 cm³/mol. The average Bonchev–Trinajstić information content (AvgIpc) is 2.84. The molecule has 1 heterocycles. The highest BCUT2D eigenvalue weighted by molar-refractivity contribution is 6.09. The van der Waals surface area contributed by atoms with E-state index >= 15 is 0 Å². The second-order valence-electron chi connectivity index (χ2n) is 7.75. The number of nitrogens with zero attached hydrogens (tertiary/aromatic N) is 1. The Morgan fingerprint density at radius 1 is 1.23 bits per heavy atom. The van der Waals surface area contributed by atoms with Gasteiger partial charge in [0.25, 0.3) is 5.91 Å². The van der Waals surface area contributed by atoms with Gasteiger partial charge in [0.05, 0.1) is 0 Å². The quantitative estimate of drug-likeness (QED) is 0.812. The monoisotopic (exact) mass is 357 g/mol. The standard InChI is InChI=1S/C20H27N3O3/c1-13-8-7-11-16(14(13)2)21-17(24)12-23-18(25)20(3,22-19(23)26)15-9-5-4-6-10-15/h4-6,9-10,13-14,16H,7-8,11-12H2,1-3H3,(H,21,24)(H,22,26)/t13-,14+,16+,20-/m0/s1. The number of carbonyl (C=O) groups is 3. The Hall–Kier alpha value is -2.37. The lowest BCUT2D eigenvalue weighted by molar-refractivity contribution is -0.135. The molecule has 1 aromatic carbocycles. The van der Waals surface area contributed by atoms with Gasteiger partial charge in [-0.3, -0.25) is 14.5 Å². The number of imide groups is 1. The van der Waals surface area contributed by atoms with Crippen LogP contribution in [0.15, 0.2) is 30.3 Å². The van der Waals surface area contributed by atoms with Gasteiger partial charge in [0, 0.05) is 6.04 Å². The summed E-state index contributed by atoms with van der Waals surface area (Å²) in [6.07, 6.45) is 3.21. The van der Waals surface area contributed by atoms with Crippen LogP contribution in [-0.4, -0.2) is 35.3 Å². The van der Waals surface area contributed by atoms with Crippen molar-refractivity contribution in [1.82, 2.24) is 15.5 Å². The fraction of sp³-hybridized carbons (Fsp3) is 0.550. The minimum atomic E-state index is -1.13. The molecular formula is C20H27N3O3. The number of hydrogen-bond donors (Lipinski definition) is 2. The van der Waals surface area contributed by atoms with Gasteiger partial charge in [-0.1, -0.05) is 57.0 Å². The summed E-state index contributed by atoms with van der Waals surface area (Å²) in [6, 6.07) is 8.67. The zero-order chi connectivity index (χ0) is 18.9. The molecule has 2 aliphatic rings. The number of benzene rings is 1. The smallest absolute Gasteiger partial charge is 0.325 e. The van der Waals surface area contributed by atoms with Crippen molar-refractivity contribution in [2.75, 3.05) is 6.54 Å². The van der Waals surface area contributed by atoms with Gasteiger partial charge in [-0.05, 0) is 30.7 Å². The fourth-order valence-corrected chi connectivity index (χ4v) is 3.99. The van der Waals surface area contributed by atoms with Crippen LogP contribution >= 0.6 is 0 Å². The highest BCUT2D eigenvalue weighted by Gasteiger charge is 2.49. The third-order valence-electron chi connectivity index (χ3n) is 5.98. The van der Waals surface area contributed by atoms with E-state index in [1.165, 1.54) is 6.42 Å². The molecule has 6 heteroatoms. The van der Waals surface area contributed by atoms with Gasteiger partial charge >= 0.3 is 6.03 Å². The lowest BCUT2D eigenvalue weighted by Gasteiger charge is -2.34. The molecule has 2 fully saturated rings. The molecule has 4 amide bonds. The van der Waals surface area contributed by atoms with Crippen LogP contribution in [0.3, 0.4) is 0 Å². The van der Waals surface area contributed by atoms with Gasteiger partial charge in [0.15, 0.2) is 0 Å². The third-order valence-corrected chi connectivity index (χ3v) is 5.98. The lowest BCUT2D eigenvalue weighted by Crippen LogP contribution is -2.48. The molecular weight excluding hydrogens is 330 g/mol. The summed E-state index contributed by atoms with van der Waals surface area (Å²) in [4.78, 5) is 38.7. The molecule has 1 saturated carbocycles. The largest absolute Gasteiger partial charge is 0.352 e. The first-order valence-electron chi connectivity index (χ1n) is 9.32. The topological polar surface area (TPSA) is 78.5 Å². The van der Waals surface area contributed by atoms with Crippen molar-refractivity contribution in [3.05, 3.63) is 35.9 Å². The molecule has 0 bridgehead atoms. The van der Waals surface area contributed by atoms with E-state index in [0.717, 1.165) is 17.7 Å². The first-order chi connectivity index (χ1) is 12.3. The molecule has 26 heavy (non-hydrogen) atoms. The van der Waals surface area contributed by atoms with Crippen molar-refractivity contribution >= 4 is 17.8 Å². The highest BCUT2D eigenvalue weighted by Crippen LogP contribution is 2.30. The van der Waals surface area contributed by atoms with Gasteiger partial charge in [-0.2, -0.15) is 0 Å². The lowest BCUT2D eigenvalue weighted by atomic mass is 9.78. The summed E-state index contributed by atoms with van der Waals surface area (Å²) in [6.45, 7) is 5.77. The predicted octanol–water partition coefficient (Wildman–Crippen LogP) is 2.39. The molecule has 1 aromatic rings. The van der Waals surface area contributed by atoms with Gasteiger partial charge in [0.1, 0.15) is 12.1 Å². The van der Waals surface area contributed by atoms with Crippen molar-refractivity contribution in [2.24, 2.45) is 11.8 Å². The molecule has 0 aromatic heterocycles. The minimum Gasteiger partial charge on any atom is -0.352 e. The molecule has 0 unspecified atom stereocenters. The SMILES string of the molecule is C[C@@H]1[C@@H](C)CCC[C@H]1NC(=O)CN1C(=O)N[C@@](C)(c2ccccc2)C1=O. The van der Waals surface area contributed by atoms with Crippen LogP contribution in [0.25, 0.3) is 0 Å². The van der Waals surface area contributed by atoms with E-state index in [4.69, 9.17) is 0 Å². The molecule has 1 saturated heterocycles. The summed E-state index contributed by atoms with van der Waals surface area (Å²) in [7, 11) is 0.